The van der Waals surface area contributed by atoms with Gasteiger partial charge in [0.15, 0.2) is 12.5 Å². The van der Waals surface area contributed by atoms with E-state index in [9.17, 15) is 39.5 Å². The predicted octanol–water partition coefficient (Wildman–Crippen LogP) is -3.98. The van der Waals surface area contributed by atoms with Crippen LogP contribution in [0.2, 0.25) is 0 Å². The Hall–Kier alpha value is -3.00. The molecule has 2 aromatic rings. The fraction of sp³-hybridized carbons (Fsp3) is 0.741. The minimum Gasteiger partial charge on any atom is -0.394 e. The van der Waals surface area contributed by atoms with Gasteiger partial charge in [-0.2, -0.15) is 4.98 Å². The second-order valence-electron chi connectivity index (χ2n) is 11.3. The zero-order chi connectivity index (χ0) is 37.1. The van der Waals surface area contributed by atoms with Crippen molar-refractivity contribution in [3.8, 4) is 0 Å². The third-order valence-electron chi connectivity index (χ3n) is 7.68. The highest BCUT2D eigenvalue weighted by Crippen LogP contribution is 2.48. The first-order chi connectivity index (χ1) is 24.4. The van der Waals surface area contributed by atoms with E-state index in [1.165, 1.54) is 23.9 Å². The number of amides is 1. The summed E-state index contributed by atoms with van der Waals surface area (Å²) in [5.41, 5.74) is 5.15. The van der Waals surface area contributed by atoms with Crippen LogP contribution in [0.4, 0.5) is 5.82 Å². The summed E-state index contributed by atoms with van der Waals surface area (Å²) in [5, 5.41) is 50.2. The summed E-state index contributed by atoms with van der Waals surface area (Å²) in [5.74, 6) is -0.502. The Labute approximate surface area is 290 Å². The first kappa shape index (κ1) is 40.8. The Bertz CT molecular complexity index is 1500. The Balaban J connectivity index is 1.20. The number of ether oxygens (including phenoxy) is 6. The second-order valence-corrected chi connectivity index (χ2v) is 12.8. The van der Waals surface area contributed by atoms with E-state index >= 15 is 0 Å². The third kappa shape index (κ3) is 11.2. The molecule has 24 heteroatoms. The van der Waals surface area contributed by atoms with Crippen LogP contribution in [0, 0.1) is 0 Å². The lowest BCUT2D eigenvalue weighted by Crippen LogP contribution is -2.64. The monoisotopic (exact) mass is 753 g/mol. The summed E-state index contributed by atoms with van der Waals surface area (Å²) in [6.45, 7) is 0.962. The average molecular weight is 754 g/mol. The van der Waals surface area contributed by atoms with Gasteiger partial charge in [0.05, 0.1) is 65.6 Å². The molecular formula is C27H44N7O16P. The van der Waals surface area contributed by atoms with Crippen molar-refractivity contribution in [2.75, 3.05) is 59.1 Å². The molecule has 0 aliphatic carbocycles. The van der Waals surface area contributed by atoms with E-state index in [0.29, 0.717) is 12.2 Å². The van der Waals surface area contributed by atoms with Crippen LogP contribution in [0.15, 0.2) is 23.3 Å². The van der Waals surface area contributed by atoms with E-state index in [1.807, 2.05) is 0 Å². The van der Waals surface area contributed by atoms with E-state index < -0.39 is 87.8 Å². The zero-order valence-corrected chi connectivity index (χ0v) is 28.7. The predicted molar refractivity (Wildman–Crippen MR) is 167 cm³/mol. The van der Waals surface area contributed by atoms with Gasteiger partial charge < -0.3 is 64.8 Å². The maximum absolute atomic E-state index is 12.6. The molecule has 51 heavy (non-hydrogen) atoms. The van der Waals surface area contributed by atoms with Gasteiger partial charge >= 0.3 is 13.5 Å². The molecule has 2 fully saturated rings. The number of phosphoric ester groups is 1. The second kappa shape index (κ2) is 19.2. The van der Waals surface area contributed by atoms with E-state index in [2.05, 4.69) is 25.1 Å². The van der Waals surface area contributed by atoms with Gasteiger partial charge in [-0.25, -0.2) is 14.0 Å². The Kier molecular flexibility index (Phi) is 15.3. The fourth-order valence-electron chi connectivity index (χ4n) is 5.21. The van der Waals surface area contributed by atoms with Gasteiger partial charge in [-0.05, 0) is 6.07 Å². The molecule has 0 radical (unpaired) electrons. The maximum Gasteiger partial charge on any atom is 0.472 e. The van der Waals surface area contributed by atoms with Crippen LogP contribution in [0.25, 0.3) is 0 Å². The average Bonchev–Trinajstić information content (AvgIpc) is 3.69. The van der Waals surface area contributed by atoms with Gasteiger partial charge in [0.25, 0.3) is 0 Å². The molecule has 23 nitrogen and oxygen atoms in total. The largest absolute Gasteiger partial charge is 0.472 e. The number of nitrogens with one attached hydrogen (secondary N) is 1. The smallest absolute Gasteiger partial charge is 0.394 e. The standard InChI is InChI=1S/C27H44N7O16P/c1-15(37)29-20-22(39)21(38)17(12-35)49-26(20)46-10-9-45-8-7-44-6-5-33-11-16(31-32-33)14-47-24-23(50-51(41,42)43-2)18(13-36)48-25(24)34-4-3-19(28)30-27(34)40/h3-4,11,17-18,20-26,35-36,38-39H,5-10,12-14H2,1-2H3,(H,29,37)(H,41,42)(H2,28,30,40). The van der Waals surface area contributed by atoms with Crippen LogP contribution in [-0.4, -0.2) is 158 Å². The van der Waals surface area contributed by atoms with Crippen LogP contribution in [-0.2, 0) is 60.0 Å². The quantitative estimate of drug-likeness (QED) is 0.0501. The minimum atomic E-state index is -4.58. The van der Waals surface area contributed by atoms with Crippen molar-refractivity contribution in [1.29, 1.82) is 0 Å². The van der Waals surface area contributed by atoms with Crippen molar-refractivity contribution in [3.05, 3.63) is 34.6 Å². The molecule has 10 unspecified atom stereocenters. The molecule has 0 aromatic carbocycles. The molecular weight excluding hydrogens is 709 g/mol. The van der Waals surface area contributed by atoms with Crippen molar-refractivity contribution in [2.24, 2.45) is 0 Å². The van der Waals surface area contributed by atoms with Crippen LogP contribution >= 0.6 is 7.82 Å². The van der Waals surface area contributed by atoms with Gasteiger partial charge in [0.1, 0.15) is 54.2 Å². The van der Waals surface area contributed by atoms with Crippen LogP contribution < -0.4 is 16.7 Å². The fourth-order valence-corrected chi connectivity index (χ4v) is 5.86. The van der Waals surface area contributed by atoms with Crippen molar-refractivity contribution in [1.82, 2.24) is 29.9 Å². The van der Waals surface area contributed by atoms with Crippen molar-refractivity contribution in [3.63, 3.8) is 0 Å². The molecule has 2 aromatic heterocycles. The molecule has 4 heterocycles. The number of carbonyl (C=O) groups excluding carboxylic acids is 1. The Morgan fingerprint density at radius 3 is 2.41 bits per heavy atom. The number of rotatable bonds is 20. The third-order valence-corrected chi connectivity index (χ3v) is 8.66. The summed E-state index contributed by atoms with van der Waals surface area (Å²) in [7, 11) is -3.62. The van der Waals surface area contributed by atoms with E-state index in [4.69, 9.17) is 38.7 Å². The summed E-state index contributed by atoms with van der Waals surface area (Å²) in [4.78, 5) is 37.7. The number of aliphatic hydroxyl groups is 4. The van der Waals surface area contributed by atoms with Gasteiger partial charge in [-0.1, -0.05) is 5.21 Å². The number of carbonyl (C=O) groups is 1. The Morgan fingerprint density at radius 2 is 1.75 bits per heavy atom. The molecule has 1 amide bonds. The molecule has 288 valence electrons. The molecule has 2 saturated heterocycles. The van der Waals surface area contributed by atoms with Gasteiger partial charge in [-0.3, -0.25) is 18.4 Å². The maximum atomic E-state index is 12.6. The number of anilines is 1. The van der Waals surface area contributed by atoms with Crippen molar-refractivity contribution >= 4 is 19.5 Å². The molecule has 0 saturated carbocycles. The van der Waals surface area contributed by atoms with Crippen LogP contribution in [0.5, 0.6) is 0 Å². The first-order valence-electron chi connectivity index (χ1n) is 15.7. The molecule has 2 aliphatic rings. The van der Waals surface area contributed by atoms with E-state index in [-0.39, 0.29) is 45.5 Å². The van der Waals surface area contributed by atoms with Gasteiger partial charge in [0.2, 0.25) is 5.91 Å². The van der Waals surface area contributed by atoms with E-state index in [0.717, 1.165) is 11.7 Å². The highest BCUT2D eigenvalue weighted by atomic mass is 31.2. The lowest BCUT2D eigenvalue weighted by atomic mass is 9.97. The van der Waals surface area contributed by atoms with Gasteiger partial charge in [-0.15, -0.1) is 5.10 Å². The number of aromatic nitrogens is 5. The molecule has 2 aliphatic heterocycles. The Morgan fingerprint density at radius 1 is 1.04 bits per heavy atom. The zero-order valence-electron chi connectivity index (χ0n) is 27.8. The summed E-state index contributed by atoms with van der Waals surface area (Å²) in [6, 6.07) is 0.295. The van der Waals surface area contributed by atoms with Crippen LogP contribution in [0.1, 0.15) is 18.8 Å². The highest BCUT2D eigenvalue weighted by Gasteiger charge is 2.50. The summed E-state index contributed by atoms with van der Waals surface area (Å²) < 4.78 is 58.4. The number of aliphatic hydroxyl groups excluding tert-OH is 4. The van der Waals surface area contributed by atoms with Gasteiger partial charge in [0, 0.05) is 20.2 Å². The minimum absolute atomic E-state index is 0.0199. The number of hydrogen-bond acceptors (Lipinski definition) is 19. The topological polar surface area (TPSA) is 313 Å². The number of phosphoric acid groups is 1. The van der Waals surface area contributed by atoms with E-state index in [1.54, 1.807) is 6.20 Å². The summed E-state index contributed by atoms with van der Waals surface area (Å²) in [6.07, 6.45) is -7.14. The SMILES string of the molecule is COP(=O)(O)OC1C(CO)OC(n2ccc(N)nc2=O)C1OCc1cn(CCOCCOCCOC2OC(CO)C(O)C(O)C2NC(C)=O)nn1. The number of nitrogen functional groups attached to an aromatic ring is 1. The van der Waals surface area contributed by atoms with Crippen LogP contribution in [0.3, 0.4) is 0 Å². The molecule has 0 bridgehead atoms. The molecule has 8 N–H and O–H groups in total. The highest BCUT2D eigenvalue weighted by molar-refractivity contribution is 7.47. The summed E-state index contributed by atoms with van der Waals surface area (Å²) >= 11 is 0. The number of nitrogens with two attached hydrogens (primary N) is 1. The molecule has 0 spiro atoms. The van der Waals surface area contributed by atoms with Crippen molar-refractivity contribution in [2.45, 2.75) is 75.3 Å². The molecule has 4 rings (SSSR count). The molecule has 10 atom stereocenters. The number of nitrogens with zero attached hydrogens (tertiary/aromatic N) is 5. The first-order valence-corrected chi connectivity index (χ1v) is 17.2. The normalized spacial score (nSPS) is 29.2. The number of hydrogen-bond donors (Lipinski definition) is 7. The lowest BCUT2D eigenvalue weighted by Gasteiger charge is -2.42. The van der Waals surface area contributed by atoms with Crippen molar-refractivity contribution < 1.29 is 72.1 Å². The lowest BCUT2D eigenvalue weighted by molar-refractivity contribution is -0.272.